The number of ether oxygens (including phenoxy) is 2. The quantitative estimate of drug-likeness (QED) is 0.632. The lowest BCUT2D eigenvalue weighted by molar-refractivity contribution is 0.279. The molecule has 0 aliphatic rings. The third-order valence-corrected chi connectivity index (χ3v) is 3.86. The van der Waals surface area contributed by atoms with Gasteiger partial charge in [0.2, 0.25) is 4.77 Å². The molecule has 130 valence electrons. The van der Waals surface area contributed by atoms with Gasteiger partial charge in [-0.15, -0.1) is 0 Å². The van der Waals surface area contributed by atoms with Crippen LogP contribution in [0.15, 0.2) is 48.8 Å². The van der Waals surface area contributed by atoms with Gasteiger partial charge in [0.05, 0.1) is 13.7 Å². The lowest BCUT2D eigenvalue weighted by atomic mass is 10.2. The minimum atomic E-state index is -0.292. The van der Waals surface area contributed by atoms with Gasteiger partial charge in [-0.1, -0.05) is 24.3 Å². The highest BCUT2D eigenvalue weighted by Gasteiger charge is 2.08. The van der Waals surface area contributed by atoms with E-state index in [-0.39, 0.29) is 12.4 Å². The zero-order valence-corrected chi connectivity index (χ0v) is 14.3. The number of aromatic amines is 1. The molecule has 0 saturated heterocycles. The van der Waals surface area contributed by atoms with Gasteiger partial charge in [-0.3, -0.25) is 5.10 Å². The van der Waals surface area contributed by atoms with Crippen LogP contribution in [0.25, 0.3) is 0 Å². The molecule has 1 heterocycles. The van der Waals surface area contributed by atoms with E-state index in [2.05, 4.69) is 15.6 Å². The fraction of sp³-hybridized carbons (Fsp3) is 0.176. The summed E-state index contributed by atoms with van der Waals surface area (Å²) in [6.45, 7) is 0.655. The highest BCUT2D eigenvalue weighted by Crippen LogP contribution is 2.29. The minimum absolute atomic E-state index is 0.130. The number of nitrogens with one attached hydrogen (secondary N) is 2. The van der Waals surface area contributed by atoms with Crippen LogP contribution < -0.4 is 14.9 Å². The van der Waals surface area contributed by atoms with E-state index >= 15 is 0 Å². The molecule has 0 saturated carbocycles. The van der Waals surface area contributed by atoms with Crippen molar-refractivity contribution in [3.05, 3.63) is 70.5 Å². The van der Waals surface area contributed by atoms with Crippen molar-refractivity contribution < 1.29 is 13.9 Å². The first-order valence-corrected chi connectivity index (χ1v) is 7.97. The molecule has 25 heavy (non-hydrogen) atoms. The molecule has 3 rings (SSSR count). The third kappa shape index (κ3) is 4.16. The van der Waals surface area contributed by atoms with E-state index < -0.39 is 0 Å². The summed E-state index contributed by atoms with van der Waals surface area (Å²) < 4.78 is 26.8. The van der Waals surface area contributed by atoms with E-state index in [0.29, 0.717) is 28.4 Å². The molecule has 0 unspecified atom stereocenters. The first kappa shape index (κ1) is 17.0. The summed E-state index contributed by atoms with van der Waals surface area (Å²) in [5.41, 5.74) is 4.58. The highest BCUT2D eigenvalue weighted by atomic mass is 32.1. The molecule has 6 nitrogen and oxygen atoms in total. The summed E-state index contributed by atoms with van der Waals surface area (Å²) in [5, 5.41) is 6.50. The topological polar surface area (TPSA) is 64.1 Å². The van der Waals surface area contributed by atoms with Crippen LogP contribution in [0.3, 0.4) is 0 Å². The van der Waals surface area contributed by atoms with Crippen LogP contribution >= 0.6 is 12.2 Å². The zero-order valence-electron chi connectivity index (χ0n) is 13.5. The fourth-order valence-electron chi connectivity index (χ4n) is 2.25. The average molecular weight is 360 g/mol. The van der Waals surface area contributed by atoms with Gasteiger partial charge in [-0.25, -0.2) is 9.07 Å². The third-order valence-electron chi connectivity index (χ3n) is 3.57. The molecule has 0 aliphatic heterocycles. The van der Waals surface area contributed by atoms with Crippen LogP contribution in [0, 0.1) is 10.6 Å². The molecule has 2 aromatic carbocycles. The standard InChI is InChI=1S/C17H17FN4O2S/c1-23-16-8-12(9-20-22-11-19-21-17(22)25)6-7-15(16)24-10-13-4-2-3-5-14(13)18/h2-8,11,20H,9-10H2,1H3,(H,21,25). The summed E-state index contributed by atoms with van der Waals surface area (Å²) in [6.07, 6.45) is 1.56. The van der Waals surface area contributed by atoms with Crippen LogP contribution in [-0.4, -0.2) is 22.0 Å². The van der Waals surface area contributed by atoms with E-state index in [4.69, 9.17) is 21.7 Å². The molecule has 0 bridgehead atoms. The van der Waals surface area contributed by atoms with Crippen molar-refractivity contribution in [3.63, 3.8) is 0 Å². The smallest absolute Gasteiger partial charge is 0.214 e. The monoisotopic (exact) mass is 360 g/mol. The van der Waals surface area contributed by atoms with E-state index in [9.17, 15) is 4.39 Å². The second-order valence-corrected chi connectivity index (χ2v) is 5.62. The van der Waals surface area contributed by atoms with Crippen LogP contribution in [-0.2, 0) is 13.2 Å². The first-order valence-electron chi connectivity index (χ1n) is 7.56. The summed E-state index contributed by atoms with van der Waals surface area (Å²) in [5.74, 6) is 0.833. The normalized spacial score (nSPS) is 10.5. The average Bonchev–Trinajstić information content (AvgIpc) is 3.04. The highest BCUT2D eigenvalue weighted by molar-refractivity contribution is 7.71. The number of benzene rings is 2. The Hall–Kier alpha value is -2.87. The SMILES string of the molecule is COc1cc(CNn2cn[nH]c2=S)ccc1OCc1ccccc1F. The maximum atomic E-state index is 13.7. The Balaban J connectivity index is 1.68. The maximum absolute atomic E-state index is 13.7. The van der Waals surface area contributed by atoms with E-state index in [1.807, 2.05) is 12.1 Å². The Morgan fingerprint density at radius 1 is 1.24 bits per heavy atom. The summed E-state index contributed by atoms with van der Waals surface area (Å²) in [6, 6.07) is 12.1. The van der Waals surface area contributed by atoms with Crippen LogP contribution in [0.4, 0.5) is 4.39 Å². The fourth-order valence-corrected chi connectivity index (χ4v) is 2.41. The van der Waals surface area contributed by atoms with Gasteiger partial charge in [-0.05, 0) is 36.0 Å². The Kier molecular flexibility index (Phi) is 5.30. The van der Waals surface area contributed by atoms with Gasteiger partial charge in [-0.2, -0.15) is 5.10 Å². The number of methoxy groups -OCH3 is 1. The number of hydrogen-bond donors (Lipinski definition) is 2. The second kappa shape index (κ2) is 7.80. The van der Waals surface area contributed by atoms with Crippen molar-refractivity contribution in [3.8, 4) is 11.5 Å². The van der Waals surface area contributed by atoms with Crippen molar-refractivity contribution in [2.24, 2.45) is 0 Å². The minimum Gasteiger partial charge on any atom is -0.493 e. The molecule has 3 aromatic rings. The Labute approximate surface area is 149 Å². The zero-order chi connectivity index (χ0) is 17.6. The molecule has 1 aromatic heterocycles. The van der Waals surface area contributed by atoms with Crippen molar-refractivity contribution in [2.75, 3.05) is 12.5 Å². The second-order valence-electron chi connectivity index (χ2n) is 5.23. The van der Waals surface area contributed by atoms with Crippen molar-refractivity contribution in [1.82, 2.24) is 14.9 Å². The van der Waals surface area contributed by atoms with E-state index in [1.54, 1.807) is 42.4 Å². The maximum Gasteiger partial charge on any atom is 0.214 e. The van der Waals surface area contributed by atoms with E-state index in [0.717, 1.165) is 5.56 Å². The molecular weight excluding hydrogens is 343 g/mol. The van der Waals surface area contributed by atoms with Gasteiger partial charge >= 0.3 is 0 Å². The summed E-state index contributed by atoms with van der Waals surface area (Å²) in [7, 11) is 1.56. The van der Waals surface area contributed by atoms with Crippen molar-refractivity contribution >= 4 is 12.2 Å². The first-order chi connectivity index (χ1) is 12.2. The van der Waals surface area contributed by atoms with Crippen LogP contribution in [0.1, 0.15) is 11.1 Å². The number of hydrogen-bond acceptors (Lipinski definition) is 5. The molecule has 0 aliphatic carbocycles. The van der Waals surface area contributed by atoms with Gasteiger partial charge in [0.1, 0.15) is 18.8 Å². The number of aromatic nitrogens is 3. The number of rotatable bonds is 7. The van der Waals surface area contributed by atoms with Gasteiger partial charge in [0, 0.05) is 5.56 Å². The number of halogens is 1. The van der Waals surface area contributed by atoms with Gasteiger partial charge in [0.15, 0.2) is 11.5 Å². The van der Waals surface area contributed by atoms with Crippen LogP contribution in [0.5, 0.6) is 11.5 Å². The molecule has 0 amide bonds. The van der Waals surface area contributed by atoms with E-state index in [1.165, 1.54) is 6.07 Å². The molecule has 0 fully saturated rings. The van der Waals surface area contributed by atoms with Gasteiger partial charge in [0.25, 0.3) is 0 Å². The van der Waals surface area contributed by atoms with Crippen LogP contribution in [0.2, 0.25) is 0 Å². The lowest BCUT2D eigenvalue weighted by Crippen LogP contribution is -2.13. The van der Waals surface area contributed by atoms with Crippen molar-refractivity contribution in [1.29, 1.82) is 0 Å². The summed E-state index contributed by atoms with van der Waals surface area (Å²) >= 11 is 5.07. The number of nitrogens with zero attached hydrogens (tertiary/aromatic N) is 2. The predicted octanol–water partition coefficient (Wildman–Crippen LogP) is 3.41. The lowest BCUT2D eigenvalue weighted by Gasteiger charge is -2.13. The Morgan fingerprint density at radius 2 is 2.08 bits per heavy atom. The molecule has 0 radical (unpaired) electrons. The Bertz CT molecular complexity index is 909. The van der Waals surface area contributed by atoms with Crippen molar-refractivity contribution in [2.45, 2.75) is 13.2 Å². The predicted molar refractivity (Wildman–Crippen MR) is 94.2 cm³/mol. The molecule has 0 spiro atoms. The molecular formula is C17H17FN4O2S. The molecule has 0 atom stereocenters. The molecule has 2 N–H and O–H groups in total. The number of H-pyrrole nitrogens is 1. The van der Waals surface area contributed by atoms with Gasteiger partial charge < -0.3 is 14.9 Å². The Morgan fingerprint density at radius 3 is 2.80 bits per heavy atom. The summed E-state index contributed by atoms with van der Waals surface area (Å²) in [4.78, 5) is 0. The largest absolute Gasteiger partial charge is 0.493 e. The molecule has 8 heteroatoms.